The van der Waals surface area contributed by atoms with E-state index in [1.165, 1.54) is 30.3 Å². The molecule has 0 heterocycles. The molecule has 0 bridgehead atoms. The first-order valence-corrected chi connectivity index (χ1v) is 8.22. The summed E-state index contributed by atoms with van der Waals surface area (Å²) in [4.78, 5) is 22.5. The molecule has 6 nitrogen and oxygen atoms in total. The summed E-state index contributed by atoms with van der Waals surface area (Å²) in [5.41, 5.74) is 0.864. The molecule has 0 atom stereocenters. The largest absolute Gasteiger partial charge is 0.492 e. The third kappa shape index (κ3) is 4.67. The Balaban J connectivity index is 2.28. The number of non-ortho nitro benzene ring substituents is 1. The molecule has 0 unspecified atom stereocenters. The average Bonchev–Trinajstić information content (AvgIpc) is 2.60. The molecule has 0 aliphatic carbocycles. The zero-order valence-corrected chi connectivity index (χ0v) is 15.3. The van der Waals surface area contributed by atoms with E-state index in [0.29, 0.717) is 22.6 Å². The predicted molar refractivity (Wildman–Crippen MR) is 98.3 cm³/mol. The van der Waals surface area contributed by atoms with Crippen LogP contribution in [0.1, 0.15) is 22.8 Å². The van der Waals surface area contributed by atoms with E-state index in [1.807, 2.05) is 6.92 Å². The van der Waals surface area contributed by atoms with Crippen LogP contribution in [0, 0.1) is 10.1 Å². The molecular formula is C18H16BrNO5. The van der Waals surface area contributed by atoms with Gasteiger partial charge in [0.15, 0.2) is 17.3 Å². The van der Waals surface area contributed by atoms with E-state index in [0.717, 1.165) is 5.56 Å². The number of benzene rings is 2. The molecule has 0 fully saturated rings. The van der Waals surface area contributed by atoms with E-state index >= 15 is 0 Å². The van der Waals surface area contributed by atoms with Gasteiger partial charge in [-0.25, -0.2) is 0 Å². The lowest BCUT2D eigenvalue weighted by Gasteiger charge is -2.12. The van der Waals surface area contributed by atoms with Gasteiger partial charge in [-0.15, -0.1) is 0 Å². The SMILES string of the molecule is CCOc1cc(/C=C/C(=O)c2cccc([N+](=O)[O-])c2)cc(Br)c1OC. The van der Waals surface area contributed by atoms with Crippen molar-refractivity contribution in [3.63, 3.8) is 0 Å². The number of methoxy groups -OCH3 is 1. The van der Waals surface area contributed by atoms with Crippen molar-refractivity contribution in [3.8, 4) is 11.5 Å². The molecule has 130 valence electrons. The van der Waals surface area contributed by atoms with Gasteiger partial charge < -0.3 is 9.47 Å². The summed E-state index contributed by atoms with van der Waals surface area (Å²) in [5, 5.41) is 10.8. The maximum atomic E-state index is 12.2. The van der Waals surface area contributed by atoms with Gasteiger partial charge in [0.2, 0.25) is 0 Å². The Morgan fingerprint density at radius 2 is 2.08 bits per heavy atom. The van der Waals surface area contributed by atoms with Crippen molar-refractivity contribution < 1.29 is 19.2 Å². The van der Waals surface area contributed by atoms with Crippen LogP contribution < -0.4 is 9.47 Å². The molecule has 0 saturated carbocycles. The maximum absolute atomic E-state index is 12.2. The minimum absolute atomic E-state index is 0.120. The number of halogens is 1. The average molecular weight is 406 g/mol. The van der Waals surface area contributed by atoms with Crippen molar-refractivity contribution in [2.45, 2.75) is 6.92 Å². The molecule has 0 aromatic heterocycles. The van der Waals surface area contributed by atoms with Gasteiger partial charge in [-0.2, -0.15) is 0 Å². The van der Waals surface area contributed by atoms with Crippen LogP contribution in [0.25, 0.3) is 6.08 Å². The van der Waals surface area contributed by atoms with E-state index in [2.05, 4.69) is 15.9 Å². The summed E-state index contributed by atoms with van der Waals surface area (Å²) in [7, 11) is 1.55. The van der Waals surface area contributed by atoms with E-state index < -0.39 is 4.92 Å². The number of nitrogens with zero attached hydrogens (tertiary/aromatic N) is 1. The molecule has 0 radical (unpaired) electrons. The van der Waals surface area contributed by atoms with Crippen molar-refractivity contribution in [2.75, 3.05) is 13.7 Å². The Kier molecular flexibility index (Phi) is 6.30. The van der Waals surface area contributed by atoms with Crippen molar-refractivity contribution in [3.05, 3.63) is 68.2 Å². The lowest BCUT2D eigenvalue weighted by molar-refractivity contribution is -0.384. The highest BCUT2D eigenvalue weighted by atomic mass is 79.9. The van der Waals surface area contributed by atoms with Gasteiger partial charge in [0.05, 0.1) is 23.1 Å². The molecular weight excluding hydrogens is 390 g/mol. The summed E-state index contributed by atoms with van der Waals surface area (Å²) >= 11 is 3.41. The van der Waals surface area contributed by atoms with E-state index in [1.54, 1.807) is 25.3 Å². The second kappa shape index (κ2) is 8.43. The number of nitro benzene ring substituents is 1. The molecule has 7 heteroatoms. The summed E-state index contributed by atoms with van der Waals surface area (Å²) in [6.07, 6.45) is 2.98. The Labute approximate surface area is 153 Å². The number of nitro groups is 1. The second-order valence-electron chi connectivity index (χ2n) is 4.97. The zero-order valence-electron chi connectivity index (χ0n) is 13.7. The molecule has 2 rings (SSSR count). The third-order valence-corrected chi connectivity index (χ3v) is 3.89. The highest BCUT2D eigenvalue weighted by molar-refractivity contribution is 9.10. The van der Waals surface area contributed by atoms with E-state index in [4.69, 9.17) is 9.47 Å². The van der Waals surface area contributed by atoms with E-state index in [9.17, 15) is 14.9 Å². The fraction of sp³-hybridized carbons (Fsp3) is 0.167. The van der Waals surface area contributed by atoms with Crippen LogP contribution in [0.3, 0.4) is 0 Å². The number of ether oxygens (including phenoxy) is 2. The minimum Gasteiger partial charge on any atom is -0.492 e. The van der Waals surface area contributed by atoms with Crippen molar-refractivity contribution in [2.24, 2.45) is 0 Å². The number of hydrogen-bond donors (Lipinski definition) is 0. The quantitative estimate of drug-likeness (QED) is 0.289. The second-order valence-corrected chi connectivity index (χ2v) is 5.83. The summed E-state index contributed by atoms with van der Waals surface area (Å²) in [6, 6.07) is 9.16. The summed E-state index contributed by atoms with van der Waals surface area (Å²) < 4.78 is 11.5. The number of rotatable bonds is 7. The van der Waals surface area contributed by atoms with Crippen LogP contribution in [0.2, 0.25) is 0 Å². The van der Waals surface area contributed by atoms with Crippen LogP contribution in [0.5, 0.6) is 11.5 Å². The van der Waals surface area contributed by atoms with Gasteiger partial charge >= 0.3 is 0 Å². The van der Waals surface area contributed by atoms with Crippen LogP contribution in [0.15, 0.2) is 46.9 Å². The van der Waals surface area contributed by atoms with Crippen LogP contribution in [0.4, 0.5) is 5.69 Å². The molecule has 0 aliphatic heterocycles. The highest BCUT2D eigenvalue weighted by Crippen LogP contribution is 2.36. The molecule has 0 N–H and O–H groups in total. The third-order valence-electron chi connectivity index (χ3n) is 3.30. The monoisotopic (exact) mass is 405 g/mol. The van der Waals surface area contributed by atoms with Gasteiger partial charge in [0.25, 0.3) is 5.69 Å². The van der Waals surface area contributed by atoms with Crippen LogP contribution in [-0.2, 0) is 0 Å². The fourth-order valence-corrected chi connectivity index (χ4v) is 2.81. The molecule has 0 amide bonds. The van der Waals surface area contributed by atoms with Crippen LogP contribution >= 0.6 is 15.9 Å². The Morgan fingerprint density at radius 3 is 2.72 bits per heavy atom. The topological polar surface area (TPSA) is 78.7 Å². The maximum Gasteiger partial charge on any atom is 0.270 e. The van der Waals surface area contributed by atoms with Gasteiger partial charge in [0, 0.05) is 17.7 Å². The first-order valence-electron chi connectivity index (χ1n) is 7.43. The summed E-state index contributed by atoms with van der Waals surface area (Å²) in [5.74, 6) is 0.805. The van der Waals surface area contributed by atoms with Crippen molar-refractivity contribution in [1.29, 1.82) is 0 Å². The first-order chi connectivity index (χ1) is 12.0. The zero-order chi connectivity index (χ0) is 18.4. The fourth-order valence-electron chi connectivity index (χ4n) is 2.19. The van der Waals surface area contributed by atoms with Crippen molar-refractivity contribution in [1.82, 2.24) is 0 Å². The summed E-state index contributed by atoms with van der Waals surface area (Å²) in [6.45, 7) is 2.34. The first kappa shape index (κ1) is 18.7. The lowest BCUT2D eigenvalue weighted by Crippen LogP contribution is -1.97. The molecule has 2 aromatic rings. The number of ketones is 1. The number of hydrogen-bond acceptors (Lipinski definition) is 5. The Hall–Kier alpha value is -2.67. The predicted octanol–water partition coefficient (Wildman–Crippen LogP) is 4.66. The normalized spacial score (nSPS) is 10.7. The van der Waals surface area contributed by atoms with Crippen LogP contribution in [-0.4, -0.2) is 24.4 Å². The van der Waals surface area contributed by atoms with E-state index in [-0.39, 0.29) is 17.0 Å². The van der Waals surface area contributed by atoms with Crippen molar-refractivity contribution >= 4 is 33.5 Å². The number of carbonyl (C=O) groups is 1. The molecule has 0 saturated heterocycles. The lowest BCUT2D eigenvalue weighted by atomic mass is 10.1. The number of carbonyl (C=O) groups excluding carboxylic acids is 1. The van der Waals surface area contributed by atoms with Gasteiger partial charge in [0.1, 0.15) is 0 Å². The minimum atomic E-state index is -0.532. The standard InChI is InChI=1S/C18H16BrNO5/c1-3-25-17-10-12(9-15(19)18(17)24-2)7-8-16(21)13-5-4-6-14(11-13)20(22)23/h4-11H,3H2,1-2H3/b8-7+. The molecule has 2 aromatic carbocycles. The Bertz CT molecular complexity index is 832. The molecule has 0 aliphatic rings. The Morgan fingerprint density at radius 1 is 1.32 bits per heavy atom. The van der Waals surface area contributed by atoms with Gasteiger partial charge in [-0.3, -0.25) is 14.9 Å². The highest BCUT2D eigenvalue weighted by Gasteiger charge is 2.11. The molecule has 0 spiro atoms. The smallest absolute Gasteiger partial charge is 0.270 e. The molecule has 25 heavy (non-hydrogen) atoms. The van der Waals surface area contributed by atoms with Gasteiger partial charge in [-0.1, -0.05) is 18.2 Å². The number of allylic oxidation sites excluding steroid dienone is 1. The van der Waals surface area contributed by atoms with Gasteiger partial charge in [-0.05, 0) is 46.6 Å².